The number of amides is 1. The third-order valence-corrected chi connectivity index (χ3v) is 2.50. The SMILES string of the molecule is COC(=O)CNC(C(N)=O)c1ccccc1CO. The fourth-order valence-electron chi connectivity index (χ4n) is 1.58. The van der Waals surface area contributed by atoms with Crippen molar-refractivity contribution in [2.45, 2.75) is 12.6 Å². The monoisotopic (exact) mass is 252 g/mol. The number of hydrogen-bond donors (Lipinski definition) is 3. The van der Waals surface area contributed by atoms with E-state index in [0.717, 1.165) is 0 Å². The second kappa shape index (κ2) is 6.73. The first-order chi connectivity index (χ1) is 8.60. The first-order valence-corrected chi connectivity index (χ1v) is 5.38. The van der Waals surface area contributed by atoms with Crippen molar-refractivity contribution < 1.29 is 19.4 Å². The molecule has 1 unspecified atom stereocenters. The van der Waals surface area contributed by atoms with E-state index in [4.69, 9.17) is 5.73 Å². The van der Waals surface area contributed by atoms with Crippen LogP contribution in [0.15, 0.2) is 24.3 Å². The normalized spacial score (nSPS) is 11.9. The number of primary amides is 1. The van der Waals surface area contributed by atoms with Crippen molar-refractivity contribution in [3.8, 4) is 0 Å². The van der Waals surface area contributed by atoms with Crippen LogP contribution in [0.3, 0.4) is 0 Å². The number of esters is 1. The molecule has 0 radical (unpaired) electrons. The summed E-state index contributed by atoms with van der Waals surface area (Å²) in [5.74, 6) is -1.12. The van der Waals surface area contributed by atoms with Crippen LogP contribution in [0.1, 0.15) is 17.2 Å². The minimum Gasteiger partial charge on any atom is -0.468 e. The number of aliphatic hydroxyl groups is 1. The van der Waals surface area contributed by atoms with Crippen molar-refractivity contribution in [2.75, 3.05) is 13.7 Å². The van der Waals surface area contributed by atoms with Gasteiger partial charge in [0.2, 0.25) is 5.91 Å². The molecule has 4 N–H and O–H groups in total. The molecule has 1 amide bonds. The van der Waals surface area contributed by atoms with Gasteiger partial charge in [-0.1, -0.05) is 24.3 Å². The summed E-state index contributed by atoms with van der Waals surface area (Å²) in [7, 11) is 1.25. The fourth-order valence-corrected chi connectivity index (χ4v) is 1.58. The Balaban J connectivity index is 2.90. The van der Waals surface area contributed by atoms with Gasteiger partial charge in [-0.3, -0.25) is 14.9 Å². The molecule has 0 bridgehead atoms. The summed E-state index contributed by atoms with van der Waals surface area (Å²) in [6.45, 7) is -0.344. The molecule has 1 atom stereocenters. The molecule has 1 rings (SSSR count). The lowest BCUT2D eigenvalue weighted by Gasteiger charge is -2.17. The number of ether oxygens (including phenoxy) is 1. The number of hydrogen-bond acceptors (Lipinski definition) is 5. The maximum atomic E-state index is 11.4. The molecule has 1 aromatic rings. The number of aliphatic hydroxyl groups excluding tert-OH is 1. The number of benzene rings is 1. The molecular weight excluding hydrogens is 236 g/mol. The summed E-state index contributed by atoms with van der Waals surface area (Å²) in [6.07, 6.45) is 0. The van der Waals surface area contributed by atoms with Crippen molar-refractivity contribution in [2.24, 2.45) is 5.73 Å². The minimum atomic E-state index is -0.840. The van der Waals surface area contributed by atoms with Gasteiger partial charge < -0.3 is 15.6 Å². The molecular formula is C12H16N2O4. The molecule has 0 aliphatic heterocycles. The number of methoxy groups -OCH3 is 1. The Labute approximate surface area is 105 Å². The third kappa shape index (κ3) is 3.54. The minimum absolute atomic E-state index is 0.135. The molecule has 18 heavy (non-hydrogen) atoms. The first-order valence-electron chi connectivity index (χ1n) is 5.38. The van der Waals surface area contributed by atoms with Crippen molar-refractivity contribution in [1.29, 1.82) is 0 Å². The van der Waals surface area contributed by atoms with Crippen molar-refractivity contribution in [1.82, 2.24) is 5.32 Å². The highest BCUT2D eigenvalue weighted by molar-refractivity contribution is 5.82. The number of rotatable bonds is 6. The van der Waals surface area contributed by atoms with E-state index in [1.54, 1.807) is 24.3 Å². The van der Waals surface area contributed by atoms with Crippen LogP contribution in [0.2, 0.25) is 0 Å². The number of carbonyl (C=O) groups excluding carboxylic acids is 2. The summed E-state index contributed by atoms with van der Waals surface area (Å²) in [5.41, 5.74) is 6.42. The molecule has 0 saturated carbocycles. The molecule has 0 aliphatic rings. The van der Waals surface area contributed by atoms with Crippen molar-refractivity contribution >= 4 is 11.9 Å². The van der Waals surface area contributed by atoms with E-state index >= 15 is 0 Å². The van der Waals surface area contributed by atoms with Crippen LogP contribution < -0.4 is 11.1 Å². The molecule has 0 aliphatic carbocycles. The molecule has 1 aromatic carbocycles. The van der Waals surface area contributed by atoms with Crippen LogP contribution in [0.4, 0.5) is 0 Å². The van der Waals surface area contributed by atoms with Gasteiger partial charge in [-0.25, -0.2) is 0 Å². The lowest BCUT2D eigenvalue weighted by Crippen LogP contribution is -2.37. The lowest BCUT2D eigenvalue weighted by atomic mass is 10.0. The second-order valence-electron chi connectivity index (χ2n) is 3.65. The smallest absolute Gasteiger partial charge is 0.319 e. The quantitative estimate of drug-likeness (QED) is 0.591. The Bertz CT molecular complexity index is 434. The molecule has 0 heterocycles. The average molecular weight is 252 g/mol. The molecule has 0 spiro atoms. The Morgan fingerprint density at radius 1 is 1.44 bits per heavy atom. The standard InChI is InChI=1S/C12H16N2O4/c1-18-10(16)6-14-11(12(13)17)9-5-3-2-4-8(9)7-15/h2-5,11,14-15H,6-7H2,1H3,(H2,13,17). The summed E-state index contributed by atoms with van der Waals surface area (Å²) >= 11 is 0. The Kier molecular flexibility index (Phi) is 5.29. The molecule has 0 fully saturated rings. The largest absolute Gasteiger partial charge is 0.468 e. The van der Waals surface area contributed by atoms with Gasteiger partial charge in [0, 0.05) is 0 Å². The average Bonchev–Trinajstić information content (AvgIpc) is 2.38. The zero-order chi connectivity index (χ0) is 13.5. The van der Waals surface area contributed by atoms with E-state index in [0.29, 0.717) is 11.1 Å². The zero-order valence-corrected chi connectivity index (χ0v) is 10.1. The number of nitrogens with one attached hydrogen (secondary N) is 1. The lowest BCUT2D eigenvalue weighted by molar-refractivity contribution is -0.139. The number of carbonyl (C=O) groups is 2. The highest BCUT2D eigenvalue weighted by Gasteiger charge is 2.20. The van der Waals surface area contributed by atoms with Crippen LogP contribution >= 0.6 is 0 Å². The van der Waals surface area contributed by atoms with E-state index < -0.39 is 17.9 Å². The molecule has 0 saturated heterocycles. The topological polar surface area (TPSA) is 102 Å². The van der Waals surface area contributed by atoms with Gasteiger partial charge in [0.15, 0.2) is 0 Å². The Morgan fingerprint density at radius 2 is 2.11 bits per heavy atom. The van der Waals surface area contributed by atoms with E-state index in [-0.39, 0.29) is 13.2 Å². The van der Waals surface area contributed by atoms with Crippen LogP contribution in [-0.4, -0.2) is 30.6 Å². The molecule has 98 valence electrons. The summed E-state index contributed by atoms with van der Waals surface area (Å²) in [6, 6.07) is 5.99. The molecule has 0 aromatic heterocycles. The molecule has 6 nitrogen and oxygen atoms in total. The Hall–Kier alpha value is -1.92. The summed E-state index contributed by atoms with van der Waals surface area (Å²) < 4.78 is 4.47. The highest BCUT2D eigenvalue weighted by atomic mass is 16.5. The first kappa shape index (κ1) is 14.1. The number of nitrogens with two attached hydrogens (primary N) is 1. The van der Waals surface area contributed by atoms with Crippen LogP contribution in [-0.2, 0) is 20.9 Å². The van der Waals surface area contributed by atoms with E-state index in [1.807, 2.05) is 0 Å². The van der Waals surface area contributed by atoms with Crippen molar-refractivity contribution in [3.05, 3.63) is 35.4 Å². The van der Waals surface area contributed by atoms with E-state index in [9.17, 15) is 14.7 Å². The zero-order valence-electron chi connectivity index (χ0n) is 10.1. The van der Waals surface area contributed by atoms with Crippen molar-refractivity contribution in [3.63, 3.8) is 0 Å². The van der Waals surface area contributed by atoms with Crippen LogP contribution in [0, 0.1) is 0 Å². The van der Waals surface area contributed by atoms with E-state index in [2.05, 4.69) is 10.1 Å². The maximum absolute atomic E-state index is 11.4. The van der Waals surface area contributed by atoms with Gasteiger partial charge in [0.1, 0.15) is 6.04 Å². The van der Waals surface area contributed by atoms with Gasteiger partial charge in [0.05, 0.1) is 20.3 Å². The predicted octanol–water partition coefficient (Wildman–Crippen LogP) is -0.532. The van der Waals surface area contributed by atoms with Gasteiger partial charge in [-0.2, -0.15) is 0 Å². The second-order valence-corrected chi connectivity index (χ2v) is 3.65. The van der Waals surface area contributed by atoms with Crippen LogP contribution in [0.5, 0.6) is 0 Å². The van der Waals surface area contributed by atoms with Gasteiger partial charge in [-0.05, 0) is 11.1 Å². The van der Waals surface area contributed by atoms with Gasteiger partial charge in [-0.15, -0.1) is 0 Å². The molecule has 6 heteroatoms. The fraction of sp³-hybridized carbons (Fsp3) is 0.333. The third-order valence-electron chi connectivity index (χ3n) is 2.50. The maximum Gasteiger partial charge on any atom is 0.319 e. The van der Waals surface area contributed by atoms with Gasteiger partial charge >= 0.3 is 5.97 Å². The summed E-state index contributed by atoms with van der Waals surface area (Å²) in [5, 5.41) is 11.9. The van der Waals surface area contributed by atoms with Crippen LogP contribution in [0.25, 0.3) is 0 Å². The highest BCUT2D eigenvalue weighted by Crippen LogP contribution is 2.17. The Morgan fingerprint density at radius 3 is 2.67 bits per heavy atom. The predicted molar refractivity (Wildman–Crippen MR) is 64.3 cm³/mol. The van der Waals surface area contributed by atoms with Gasteiger partial charge in [0.25, 0.3) is 0 Å². The van der Waals surface area contributed by atoms with E-state index in [1.165, 1.54) is 7.11 Å². The summed E-state index contributed by atoms with van der Waals surface area (Å²) in [4.78, 5) is 22.4.